The Morgan fingerprint density at radius 2 is 2.00 bits per heavy atom. The van der Waals surface area contributed by atoms with Gasteiger partial charge in [0.25, 0.3) is 5.91 Å². The topological polar surface area (TPSA) is 68.6 Å². The Morgan fingerprint density at radius 1 is 1.23 bits per heavy atom. The smallest absolute Gasteiger partial charge is 0.274 e. The van der Waals surface area contributed by atoms with Crippen molar-refractivity contribution in [3.8, 4) is 11.5 Å². The van der Waals surface area contributed by atoms with Crippen LogP contribution in [-0.4, -0.2) is 65.4 Å². The van der Waals surface area contributed by atoms with E-state index in [1.54, 1.807) is 14.2 Å². The summed E-state index contributed by atoms with van der Waals surface area (Å²) in [5, 5.41) is 8.28. The molecule has 1 amide bonds. The van der Waals surface area contributed by atoms with Crippen molar-refractivity contribution >= 4 is 17.7 Å². The molecule has 0 saturated carbocycles. The molecule has 1 saturated heterocycles. The minimum Gasteiger partial charge on any atom is -0.493 e. The van der Waals surface area contributed by atoms with Crippen LogP contribution in [0.3, 0.4) is 0 Å². The molecule has 1 aliphatic carbocycles. The van der Waals surface area contributed by atoms with E-state index in [9.17, 15) is 4.79 Å². The second kappa shape index (κ2) is 9.31. The Kier molecular flexibility index (Phi) is 6.53. The van der Waals surface area contributed by atoms with Crippen LogP contribution in [0.5, 0.6) is 11.5 Å². The highest BCUT2D eigenvalue weighted by Crippen LogP contribution is 2.29. The number of hydrogen-bond donors (Lipinski definition) is 1. The number of amides is 1. The molecule has 8 heteroatoms. The summed E-state index contributed by atoms with van der Waals surface area (Å²) in [6, 6.07) is 6.31. The van der Waals surface area contributed by atoms with Crippen LogP contribution in [0.1, 0.15) is 33.7 Å². The van der Waals surface area contributed by atoms with E-state index in [1.165, 1.54) is 5.69 Å². The number of hydrogen-bond acceptors (Lipinski definition) is 6. The average molecular weight is 431 g/mol. The van der Waals surface area contributed by atoms with Crippen LogP contribution in [0.4, 0.5) is 0 Å². The molecule has 0 spiro atoms. The summed E-state index contributed by atoms with van der Waals surface area (Å²) >= 11 is 1.91. The lowest BCUT2D eigenvalue weighted by Gasteiger charge is -2.27. The largest absolute Gasteiger partial charge is 0.493 e. The summed E-state index contributed by atoms with van der Waals surface area (Å²) in [5.41, 5.74) is 4.12. The number of thioether (sulfide) groups is 1. The van der Waals surface area contributed by atoms with Gasteiger partial charge in [-0.25, -0.2) is 0 Å². The van der Waals surface area contributed by atoms with Crippen LogP contribution >= 0.6 is 11.8 Å². The molecule has 0 bridgehead atoms. The first kappa shape index (κ1) is 21.1. The Balaban J connectivity index is 1.45. The van der Waals surface area contributed by atoms with Crippen LogP contribution in [-0.2, 0) is 26.4 Å². The maximum absolute atomic E-state index is 13.1. The number of aryl methyl sites for hydroxylation is 1. The van der Waals surface area contributed by atoms with Gasteiger partial charge in [-0.3, -0.25) is 9.48 Å². The number of aromatic nitrogens is 2. The molecule has 1 atom stereocenters. The number of nitrogens with one attached hydrogen (secondary N) is 1. The lowest BCUT2D eigenvalue weighted by molar-refractivity contribution is 0.0764. The maximum Gasteiger partial charge on any atom is 0.274 e. The summed E-state index contributed by atoms with van der Waals surface area (Å²) in [6.07, 6.45) is 2.81. The van der Waals surface area contributed by atoms with Gasteiger partial charge >= 0.3 is 0 Å². The Morgan fingerprint density at radius 3 is 2.73 bits per heavy atom. The average Bonchev–Trinajstić information content (AvgIpc) is 3.13. The van der Waals surface area contributed by atoms with Crippen LogP contribution in [0, 0.1) is 0 Å². The zero-order chi connectivity index (χ0) is 21.1. The number of fused-ring (bicyclic) bond motifs is 1. The molecule has 1 fully saturated rings. The monoisotopic (exact) mass is 430 g/mol. The van der Waals surface area contributed by atoms with Crippen molar-refractivity contribution < 1.29 is 14.3 Å². The number of methoxy groups -OCH3 is 2. The van der Waals surface area contributed by atoms with Crippen molar-refractivity contribution in [3.05, 3.63) is 40.7 Å². The molecule has 30 heavy (non-hydrogen) atoms. The fourth-order valence-corrected chi connectivity index (χ4v) is 5.21. The SMILES string of the molecule is COc1ccc(CNC2CCc3c(c(C(=O)N4CCSCC4)nn3C)C2)cc1OC. The van der Waals surface area contributed by atoms with Gasteiger partial charge in [0, 0.05) is 55.5 Å². The van der Waals surface area contributed by atoms with E-state index in [4.69, 9.17) is 9.47 Å². The number of carbonyl (C=O) groups excluding carboxylic acids is 1. The van der Waals surface area contributed by atoms with E-state index in [0.29, 0.717) is 11.7 Å². The third-order valence-corrected chi connectivity index (χ3v) is 6.94. The van der Waals surface area contributed by atoms with Crippen LogP contribution in [0.2, 0.25) is 0 Å². The van der Waals surface area contributed by atoms with Crippen molar-refractivity contribution in [2.24, 2.45) is 7.05 Å². The Bertz CT molecular complexity index is 908. The van der Waals surface area contributed by atoms with Gasteiger partial charge in [0.2, 0.25) is 0 Å². The van der Waals surface area contributed by atoms with Gasteiger partial charge in [0.05, 0.1) is 14.2 Å². The van der Waals surface area contributed by atoms with Gasteiger partial charge in [-0.05, 0) is 37.0 Å². The van der Waals surface area contributed by atoms with E-state index in [1.807, 2.05) is 40.5 Å². The molecule has 2 aliphatic rings. The lowest BCUT2D eigenvalue weighted by atomic mass is 9.91. The highest BCUT2D eigenvalue weighted by Gasteiger charge is 2.30. The first-order valence-electron chi connectivity index (χ1n) is 10.5. The van der Waals surface area contributed by atoms with Crippen molar-refractivity contribution in [3.63, 3.8) is 0 Å². The molecule has 1 aromatic heterocycles. The molecule has 2 heterocycles. The predicted octanol–water partition coefficient (Wildman–Crippen LogP) is 2.27. The maximum atomic E-state index is 13.1. The van der Waals surface area contributed by atoms with Gasteiger partial charge in [0.15, 0.2) is 17.2 Å². The number of nitrogens with zero attached hydrogens (tertiary/aromatic N) is 3. The van der Waals surface area contributed by atoms with Crippen LogP contribution in [0.15, 0.2) is 18.2 Å². The molecule has 1 N–H and O–H groups in total. The second-order valence-electron chi connectivity index (χ2n) is 7.81. The van der Waals surface area contributed by atoms with Crippen molar-refractivity contribution in [1.82, 2.24) is 20.0 Å². The zero-order valence-electron chi connectivity index (χ0n) is 17.9. The van der Waals surface area contributed by atoms with E-state index in [0.717, 1.165) is 73.0 Å². The first-order valence-corrected chi connectivity index (χ1v) is 11.6. The first-order chi connectivity index (χ1) is 14.6. The summed E-state index contributed by atoms with van der Waals surface area (Å²) in [6.45, 7) is 2.37. The minimum atomic E-state index is 0.0905. The molecule has 0 radical (unpaired) electrons. The quantitative estimate of drug-likeness (QED) is 0.758. The number of rotatable bonds is 6. The molecule has 1 aromatic carbocycles. The van der Waals surface area contributed by atoms with Gasteiger partial charge in [-0.15, -0.1) is 0 Å². The number of benzene rings is 1. The fourth-order valence-electron chi connectivity index (χ4n) is 4.30. The third kappa shape index (κ3) is 4.30. The lowest BCUT2D eigenvalue weighted by Crippen LogP contribution is -2.39. The normalized spacial score (nSPS) is 18.8. The molecule has 7 nitrogen and oxygen atoms in total. The zero-order valence-corrected chi connectivity index (χ0v) is 18.8. The fraction of sp³-hybridized carbons (Fsp3) is 0.545. The van der Waals surface area contributed by atoms with Crippen LogP contribution in [0.25, 0.3) is 0 Å². The van der Waals surface area contributed by atoms with Gasteiger partial charge in [-0.1, -0.05) is 6.07 Å². The highest BCUT2D eigenvalue weighted by atomic mass is 32.2. The molecule has 162 valence electrons. The van der Waals surface area contributed by atoms with E-state index < -0.39 is 0 Å². The molecule has 4 rings (SSSR count). The van der Waals surface area contributed by atoms with Gasteiger partial charge in [0.1, 0.15) is 0 Å². The summed E-state index contributed by atoms with van der Waals surface area (Å²) in [5.74, 6) is 3.58. The standard InChI is InChI=1S/C22H30N4O3S/c1-25-18-6-5-16(23-14-15-4-7-19(28-2)20(12-15)29-3)13-17(18)21(24-25)22(27)26-8-10-30-11-9-26/h4,7,12,16,23H,5-6,8-11,13-14H2,1-3H3. The summed E-state index contributed by atoms with van der Waals surface area (Å²) < 4.78 is 12.6. The summed E-state index contributed by atoms with van der Waals surface area (Å²) in [4.78, 5) is 15.1. The van der Waals surface area contributed by atoms with Crippen molar-refractivity contribution in [1.29, 1.82) is 0 Å². The van der Waals surface area contributed by atoms with E-state index in [2.05, 4.69) is 16.5 Å². The van der Waals surface area contributed by atoms with Crippen molar-refractivity contribution in [2.45, 2.75) is 31.8 Å². The minimum absolute atomic E-state index is 0.0905. The predicted molar refractivity (Wildman–Crippen MR) is 119 cm³/mol. The van der Waals surface area contributed by atoms with Gasteiger partial charge < -0.3 is 19.7 Å². The van der Waals surface area contributed by atoms with Crippen molar-refractivity contribution in [2.75, 3.05) is 38.8 Å². The van der Waals surface area contributed by atoms with Crippen LogP contribution < -0.4 is 14.8 Å². The third-order valence-electron chi connectivity index (χ3n) is 6.00. The van der Waals surface area contributed by atoms with E-state index >= 15 is 0 Å². The van der Waals surface area contributed by atoms with E-state index in [-0.39, 0.29) is 5.91 Å². The molecule has 1 aliphatic heterocycles. The second-order valence-corrected chi connectivity index (χ2v) is 9.04. The molecule has 1 unspecified atom stereocenters. The van der Waals surface area contributed by atoms with Gasteiger partial charge in [-0.2, -0.15) is 16.9 Å². The Labute approximate surface area is 182 Å². The molecule has 2 aromatic rings. The highest BCUT2D eigenvalue weighted by molar-refractivity contribution is 7.99. The Hall–Kier alpha value is -2.19. The summed E-state index contributed by atoms with van der Waals surface area (Å²) in [7, 11) is 5.25. The number of carbonyl (C=O) groups is 1. The molecular formula is C22H30N4O3S. The molecular weight excluding hydrogens is 400 g/mol. The number of ether oxygens (including phenoxy) is 2.